The molecule has 0 saturated heterocycles. The summed E-state index contributed by atoms with van der Waals surface area (Å²) >= 11 is 1.35. The molecule has 2 unspecified atom stereocenters. The Morgan fingerprint density at radius 1 is 1.75 bits per heavy atom. The van der Waals surface area contributed by atoms with E-state index in [0.29, 0.717) is 18.1 Å². The predicted octanol–water partition coefficient (Wildman–Crippen LogP) is 1.56. The summed E-state index contributed by atoms with van der Waals surface area (Å²) in [5.74, 6) is 0.385. The summed E-state index contributed by atoms with van der Waals surface area (Å²) in [5, 5.41) is 8.61. The Hall–Kier alpha value is -0.520. The fourth-order valence-corrected chi connectivity index (χ4v) is 3.14. The number of fused-ring (bicyclic) bond motifs is 2. The van der Waals surface area contributed by atoms with Gasteiger partial charge in [0.15, 0.2) is 0 Å². The highest BCUT2D eigenvalue weighted by molar-refractivity contribution is 7.94. The van der Waals surface area contributed by atoms with Crippen molar-refractivity contribution in [3.63, 3.8) is 0 Å². The molecule has 0 aromatic rings. The Bertz CT molecular complexity index is 308. The van der Waals surface area contributed by atoms with Crippen molar-refractivity contribution >= 4 is 18.0 Å². The molecule has 0 aliphatic heterocycles. The molecule has 1 fully saturated rings. The molecule has 2 rings (SSSR count). The Kier molecular flexibility index (Phi) is 3.56. The Morgan fingerprint density at radius 3 is 3.06 bits per heavy atom. The van der Waals surface area contributed by atoms with E-state index in [1.807, 2.05) is 0 Å². The average molecular weight is 243 g/mol. The molecule has 0 spiro atoms. The molecule has 0 amide bonds. The lowest BCUT2D eigenvalue weighted by atomic mass is 10.0. The monoisotopic (exact) mass is 243 g/mol. The first kappa shape index (κ1) is 12.0. The lowest BCUT2D eigenvalue weighted by Crippen LogP contribution is -2.30. The SMILES string of the molecule is N[C@@H](CCSOC12C=CC(CC1)C2)C(=O)O. The van der Waals surface area contributed by atoms with Crippen LogP contribution in [0, 0.1) is 5.92 Å². The van der Waals surface area contributed by atoms with E-state index in [2.05, 4.69) is 12.2 Å². The summed E-state index contributed by atoms with van der Waals surface area (Å²) < 4.78 is 5.79. The Balaban J connectivity index is 1.65. The summed E-state index contributed by atoms with van der Waals surface area (Å²) in [6.07, 6.45) is 8.23. The van der Waals surface area contributed by atoms with Crippen LogP contribution in [0.3, 0.4) is 0 Å². The second-order valence-corrected chi connectivity index (χ2v) is 5.38. The van der Waals surface area contributed by atoms with Crippen LogP contribution in [0.5, 0.6) is 0 Å². The number of hydrogen-bond donors (Lipinski definition) is 2. The average Bonchev–Trinajstić information content (AvgIpc) is 2.84. The van der Waals surface area contributed by atoms with Gasteiger partial charge in [-0.25, -0.2) is 0 Å². The maximum atomic E-state index is 10.5. The smallest absolute Gasteiger partial charge is 0.320 e. The molecule has 16 heavy (non-hydrogen) atoms. The molecular weight excluding hydrogens is 226 g/mol. The first-order valence-corrected chi connectivity index (χ1v) is 6.51. The van der Waals surface area contributed by atoms with Crippen LogP contribution in [0.25, 0.3) is 0 Å². The van der Waals surface area contributed by atoms with Gasteiger partial charge in [-0.2, -0.15) is 0 Å². The summed E-state index contributed by atoms with van der Waals surface area (Å²) in [6.45, 7) is 0. The van der Waals surface area contributed by atoms with Crippen LogP contribution < -0.4 is 5.73 Å². The van der Waals surface area contributed by atoms with E-state index in [0.717, 1.165) is 12.8 Å². The van der Waals surface area contributed by atoms with Crippen molar-refractivity contribution in [1.82, 2.24) is 0 Å². The molecule has 0 aromatic carbocycles. The van der Waals surface area contributed by atoms with Gasteiger partial charge in [0.25, 0.3) is 0 Å². The van der Waals surface area contributed by atoms with E-state index in [1.54, 1.807) is 0 Å². The van der Waals surface area contributed by atoms with Crippen molar-refractivity contribution in [2.24, 2.45) is 11.7 Å². The summed E-state index contributed by atoms with van der Waals surface area (Å²) in [7, 11) is 0. The van der Waals surface area contributed by atoms with E-state index < -0.39 is 12.0 Å². The second kappa shape index (κ2) is 4.77. The Morgan fingerprint density at radius 2 is 2.56 bits per heavy atom. The zero-order valence-electron chi connectivity index (χ0n) is 9.09. The molecule has 0 radical (unpaired) electrons. The lowest BCUT2D eigenvalue weighted by molar-refractivity contribution is -0.138. The predicted molar refractivity (Wildman–Crippen MR) is 63.0 cm³/mol. The minimum Gasteiger partial charge on any atom is -0.480 e. The number of rotatable bonds is 6. The molecule has 90 valence electrons. The topological polar surface area (TPSA) is 72.5 Å². The van der Waals surface area contributed by atoms with Gasteiger partial charge in [-0.05, 0) is 43.6 Å². The van der Waals surface area contributed by atoms with E-state index in [1.165, 1.54) is 18.5 Å². The highest BCUT2D eigenvalue weighted by Crippen LogP contribution is 2.46. The van der Waals surface area contributed by atoms with Gasteiger partial charge in [-0.1, -0.05) is 12.2 Å². The normalized spacial score (nSPS) is 33.2. The number of carboxylic acids is 1. The molecule has 2 aliphatic rings. The van der Waals surface area contributed by atoms with Crippen molar-refractivity contribution in [2.45, 2.75) is 37.3 Å². The van der Waals surface area contributed by atoms with Gasteiger partial charge in [0.2, 0.25) is 0 Å². The zero-order chi connectivity index (χ0) is 11.6. The highest BCUT2D eigenvalue weighted by Gasteiger charge is 2.42. The molecule has 1 saturated carbocycles. The van der Waals surface area contributed by atoms with E-state index in [4.69, 9.17) is 15.0 Å². The lowest BCUT2D eigenvalue weighted by Gasteiger charge is -2.22. The molecule has 2 aliphatic carbocycles. The molecule has 4 nitrogen and oxygen atoms in total. The fourth-order valence-electron chi connectivity index (χ4n) is 2.27. The number of nitrogens with two attached hydrogens (primary N) is 1. The van der Waals surface area contributed by atoms with Gasteiger partial charge >= 0.3 is 5.97 Å². The van der Waals surface area contributed by atoms with Gasteiger partial charge in [0.1, 0.15) is 11.6 Å². The maximum absolute atomic E-state index is 10.5. The molecule has 2 bridgehead atoms. The van der Waals surface area contributed by atoms with Crippen LogP contribution in [0.1, 0.15) is 25.7 Å². The van der Waals surface area contributed by atoms with Gasteiger partial charge in [-0.3, -0.25) is 4.79 Å². The molecule has 3 atom stereocenters. The van der Waals surface area contributed by atoms with Crippen molar-refractivity contribution < 1.29 is 14.1 Å². The summed E-state index contributed by atoms with van der Waals surface area (Å²) in [5.41, 5.74) is 5.34. The van der Waals surface area contributed by atoms with E-state index in [-0.39, 0.29) is 5.60 Å². The largest absolute Gasteiger partial charge is 0.480 e. The molecule has 0 heterocycles. The third-order valence-electron chi connectivity index (χ3n) is 3.27. The molecule has 3 N–H and O–H groups in total. The fraction of sp³-hybridized carbons (Fsp3) is 0.727. The number of hydrogen-bond acceptors (Lipinski definition) is 4. The zero-order valence-corrected chi connectivity index (χ0v) is 9.91. The van der Waals surface area contributed by atoms with E-state index in [9.17, 15) is 4.79 Å². The first-order chi connectivity index (χ1) is 7.61. The van der Waals surface area contributed by atoms with Gasteiger partial charge in [-0.15, -0.1) is 0 Å². The first-order valence-electron chi connectivity index (χ1n) is 5.60. The van der Waals surface area contributed by atoms with Crippen LogP contribution in [0.4, 0.5) is 0 Å². The van der Waals surface area contributed by atoms with Crippen LogP contribution in [0.2, 0.25) is 0 Å². The van der Waals surface area contributed by atoms with Crippen LogP contribution >= 0.6 is 12.0 Å². The standard InChI is InChI=1S/C11H17NO3S/c12-9(10(13)14)3-6-16-15-11-4-1-8(7-11)2-5-11/h1,4,8-9H,2-3,5-7,12H2,(H,13,14)/t8?,9-,11?/m0/s1. The molecule has 5 heteroatoms. The number of aliphatic carboxylic acids is 1. The summed E-state index contributed by atoms with van der Waals surface area (Å²) in [6, 6.07) is -0.774. The molecule has 0 aromatic heterocycles. The minimum atomic E-state index is -0.944. The highest BCUT2D eigenvalue weighted by atomic mass is 32.2. The number of allylic oxidation sites excluding steroid dienone is 1. The quantitative estimate of drug-likeness (QED) is 0.421. The van der Waals surface area contributed by atoms with Gasteiger partial charge < -0.3 is 15.0 Å². The van der Waals surface area contributed by atoms with E-state index >= 15 is 0 Å². The van der Waals surface area contributed by atoms with Gasteiger partial charge in [0.05, 0.1) is 0 Å². The van der Waals surface area contributed by atoms with Crippen molar-refractivity contribution in [1.29, 1.82) is 0 Å². The van der Waals surface area contributed by atoms with Gasteiger partial charge in [0, 0.05) is 5.75 Å². The second-order valence-electron chi connectivity index (χ2n) is 4.57. The number of carbonyl (C=O) groups is 1. The van der Waals surface area contributed by atoms with Crippen LogP contribution in [-0.4, -0.2) is 28.5 Å². The van der Waals surface area contributed by atoms with Crippen molar-refractivity contribution in [2.75, 3.05) is 5.75 Å². The van der Waals surface area contributed by atoms with Crippen molar-refractivity contribution in [3.8, 4) is 0 Å². The third kappa shape index (κ3) is 2.59. The minimum absolute atomic E-state index is 0.0668. The molecular formula is C11H17NO3S. The van der Waals surface area contributed by atoms with Crippen LogP contribution in [0.15, 0.2) is 12.2 Å². The third-order valence-corrected chi connectivity index (χ3v) is 4.12. The Labute approximate surface area is 99.4 Å². The maximum Gasteiger partial charge on any atom is 0.320 e. The van der Waals surface area contributed by atoms with Crippen LogP contribution in [-0.2, 0) is 8.98 Å². The van der Waals surface area contributed by atoms with Crippen molar-refractivity contribution in [3.05, 3.63) is 12.2 Å². The number of carboxylic acid groups (broad SMARTS) is 1. The summed E-state index contributed by atoms with van der Waals surface area (Å²) in [4.78, 5) is 10.5.